The SMILES string of the molecule is Cc1cc(N2CCCC2COCCO)ccc1N. The summed E-state index contributed by atoms with van der Waals surface area (Å²) < 4.78 is 5.46. The number of benzene rings is 1. The first-order valence-electron chi connectivity index (χ1n) is 6.53. The second-order valence-corrected chi connectivity index (χ2v) is 4.83. The minimum atomic E-state index is 0.0910. The number of nitrogen functional groups attached to an aromatic ring is 1. The normalized spacial score (nSPS) is 19.4. The quantitative estimate of drug-likeness (QED) is 0.615. The first kappa shape index (κ1) is 13.2. The maximum atomic E-state index is 8.74. The largest absolute Gasteiger partial charge is 0.399 e. The van der Waals surface area contributed by atoms with E-state index >= 15 is 0 Å². The fourth-order valence-corrected chi connectivity index (χ4v) is 2.47. The minimum absolute atomic E-state index is 0.0910. The number of rotatable bonds is 5. The van der Waals surface area contributed by atoms with Gasteiger partial charge < -0.3 is 20.5 Å². The summed E-state index contributed by atoms with van der Waals surface area (Å²) in [5.74, 6) is 0. The van der Waals surface area contributed by atoms with Crippen molar-refractivity contribution in [3.8, 4) is 0 Å². The van der Waals surface area contributed by atoms with Gasteiger partial charge in [-0.2, -0.15) is 0 Å². The molecule has 0 amide bonds. The second-order valence-electron chi connectivity index (χ2n) is 4.83. The van der Waals surface area contributed by atoms with Gasteiger partial charge in [0.15, 0.2) is 0 Å². The molecule has 18 heavy (non-hydrogen) atoms. The van der Waals surface area contributed by atoms with Crippen molar-refractivity contribution in [3.05, 3.63) is 23.8 Å². The number of aliphatic hydroxyl groups excluding tert-OH is 1. The van der Waals surface area contributed by atoms with Crippen LogP contribution in [-0.4, -0.2) is 37.5 Å². The second kappa shape index (κ2) is 6.07. The molecule has 0 spiro atoms. The molecule has 1 aliphatic heterocycles. The summed E-state index contributed by atoms with van der Waals surface area (Å²) in [4.78, 5) is 2.38. The number of nitrogens with zero attached hydrogens (tertiary/aromatic N) is 1. The van der Waals surface area contributed by atoms with Crippen LogP contribution in [-0.2, 0) is 4.74 Å². The topological polar surface area (TPSA) is 58.7 Å². The number of aryl methyl sites for hydroxylation is 1. The Morgan fingerprint density at radius 2 is 2.33 bits per heavy atom. The number of aliphatic hydroxyl groups is 1. The Balaban J connectivity index is 2.03. The van der Waals surface area contributed by atoms with Crippen molar-refractivity contribution in [1.82, 2.24) is 0 Å². The number of hydrogen-bond acceptors (Lipinski definition) is 4. The number of ether oxygens (including phenoxy) is 1. The van der Waals surface area contributed by atoms with Gasteiger partial charge in [0.1, 0.15) is 0 Å². The molecule has 1 unspecified atom stereocenters. The molecule has 0 bridgehead atoms. The lowest BCUT2D eigenvalue weighted by atomic mass is 10.1. The van der Waals surface area contributed by atoms with Crippen LogP contribution in [0.2, 0.25) is 0 Å². The van der Waals surface area contributed by atoms with Crippen molar-refractivity contribution in [1.29, 1.82) is 0 Å². The van der Waals surface area contributed by atoms with Crippen LogP contribution >= 0.6 is 0 Å². The Labute approximate surface area is 108 Å². The molecule has 0 aliphatic carbocycles. The Morgan fingerprint density at radius 3 is 3.06 bits per heavy atom. The van der Waals surface area contributed by atoms with Crippen LogP contribution < -0.4 is 10.6 Å². The summed E-state index contributed by atoms with van der Waals surface area (Å²) in [6.45, 7) is 4.30. The Kier molecular flexibility index (Phi) is 4.44. The summed E-state index contributed by atoms with van der Waals surface area (Å²) in [6, 6.07) is 6.60. The van der Waals surface area contributed by atoms with Gasteiger partial charge in [-0.1, -0.05) is 0 Å². The van der Waals surface area contributed by atoms with Gasteiger partial charge >= 0.3 is 0 Å². The first-order chi connectivity index (χ1) is 8.72. The summed E-state index contributed by atoms with van der Waals surface area (Å²) >= 11 is 0. The molecule has 100 valence electrons. The highest BCUT2D eigenvalue weighted by Crippen LogP contribution is 2.28. The van der Waals surface area contributed by atoms with Crippen LogP contribution in [0.4, 0.5) is 11.4 Å². The third kappa shape index (κ3) is 2.94. The van der Waals surface area contributed by atoms with Crippen molar-refractivity contribution in [2.45, 2.75) is 25.8 Å². The van der Waals surface area contributed by atoms with Crippen molar-refractivity contribution in [2.24, 2.45) is 0 Å². The molecule has 1 aromatic carbocycles. The van der Waals surface area contributed by atoms with Gasteiger partial charge in [-0.15, -0.1) is 0 Å². The van der Waals surface area contributed by atoms with Crippen molar-refractivity contribution in [3.63, 3.8) is 0 Å². The molecule has 0 saturated carbocycles. The van der Waals surface area contributed by atoms with Gasteiger partial charge in [0.05, 0.1) is 25.9 Å². The van der Waals surface area contributed by atoms with Crippen LogP contribution in [0.15, 0.2) is 18.2 Å². The minimum Gasteiger partial charge on any atom is -0.399 e. The van der Waals surface area contributed by atoms with Crippen LogP contribution in [0, 0.1) is 6.92 Å². The predicted octanol–water partition coefficient (Wildman–Crippen LogP) is 1.55. The van der Waals surface area contributed by atoms with E-state index in [4.69, 9.17) is 15.6 Å². The van der Waals surface area contributed by atoms with Gasteiger partial charge in [-0.3, -0.25) is 0 Å². The van der Waals surface area contributed by atoms with E-state index in [0.717, 1.165) is 24.2 Å². The van der Waals surface area contributed by atoms with Crippen LogP contribution in [0.1, 0.15) is 18.4 Å². The zero-order chi connectivity index (χ0) is 13.0. The predicted molar refractivity (Wildman–Crippen MR) is 73.9 cm³/mol. The Bertz CT molecular complexity index is 395. The molecular weight excluding hydrogens is 228 g/mol. The summed E-state index contributed by atoms with van der Waals surface area (Å²) in [6.07, 6.45) is 2.34. The lowest BCUT2D eigenvalue weighted by Gasteiger charge is -2.27. The molecule has 4 nitrogen and oxygen atoms in total. The molecule has 1 fully saturated rings. The number of nitrogens with two attached hydrogens (primary N) is 1. The van der Waals surface area contributed by atoms with Gasteiger partial charge in [0.25, 0.3) is 0 Å². The molecule has 3 N–H and O–H groups in total. The number of hydrogen-bond donors (Lipinski definition) is 2. The molecule has 1 saturated heterocycles. The molecule has 1 aromatic rings. The van der Waals surface area contributed by atoms with Gasteiger partial charge in [0.2, 0.25) is 0 Å². The zero-order valence-corrected chi connectivity index (χ0v) is 10.9. The van der Waals surface area contributed by atoms with E-state index in [0.29, 0.717) is 19.3 Å². The summed E-state index contributed by atoms with van der Waals surface area (Å²) in [5, 5.41) is 8.74. The average Bonchev–Trinajstić information content (AvgIpc) is 2.81. The van der Waals surface area contributed by atoms with Crippen molar-refractivity contribution in [2.75, 3.05) is 37.0 Å². The van der Waals surface area contributed by atoms with Crippen LogP contribution in [0.5, 0.6) is 0 Å². The third-order valence-electron chi connectivity index (χ3n) is 3.51. The smallest absolute Gasteiger partial charge is 0.0698 e. The van der Waals surface area contributed by atoms with Gasteiger partial charge in [-0.05, 0) is 43.5 Å². The highest BCUT2D eigenvalue weighted by atomic mass is 16.5. The van der Waals surface area contributed by atoms with E-state index in [1.54, 1.807) is 0 Å². The molecule has 1 aliphatic rings. The zero-order valence-electron chi connectivity index (χ0n) is 10.9. The first-order valence-corrected chi connectivity index (χ1v) is 6.53. The van der Waals surface area contributed by atoms with E-state index in [1.165, 1.54) is 12.1 Å². The Hall–Kier alpha value is -1.26. The van der Waals surface area contributed by atoms with E-state index < -0.39 is 0 Å². The summed E-state index contributed by atoms with van der Waals surface area (Å²) in [5.41, 5.74) is 9.03. The highest BCUT2D eigenvalue weighted by molar-refractivity contribution is 5.58. The lowest BCUT2D eigenvalue weighted by Crippen LogP contribution is -2.33. The summed E-state index contributed by atoms with van der Waals surface area (Å²) in [7, 11) is 0. The fourth-order valence-electron chi connectivity index (χ4n) is 2.47. The van der Waals surface area contributed by atoms with E-state index in [1.807, 2.05) is 13.0 Å². The van der Waals surface area contributed by atoms with Gasteiger partial charge in [0, 0.05) is 17.9 Å². The monoisotopic (exact) mass is 250 g/mol. The van der Waals surface area contributed by atoms with Crippen LogP contribution in [0.3, 0.4) is 0 Å². The molecular formula is C14H22N2O2. The Morgan fingerprint density at radius 1 is 1.50 bits per heavy atom. The average molecular weight is 250 g/mol. The maximum absolute atomic E-state index is 8.74. The molecule has 2 rings (SSSR count). The lowest BCUT2D eigenvalue weighted by molar-refractivity contribution is 0.0837. The standard InChI is InChI=1S/C14H22N2O2/c1-11-9-12(4-5-14(11)15)16-6-2-3-13(16)10-18-8-7-17/h4-5,9,13,17H,2-3,6-8,10,15H2,1H3. The van der Waals surface area contributed by atoms with E-state index in [-0.39, 0.29) is 6.61 Å². The number of anilines is 2. The maximum Gasteiger partial charge on any atom is 0.0698 e. The third-order valence-corrected chi connectivity index (χ3v) is 3.51. The fraction of sp³-hybridized carbons (Fsp3) is 0.571. The molecule has 0 radical (unpaired) electrons. The van der Waals surface area contributed by atoms with Gasteiger partial charge in [-0.25, -0.2) is 0 Å². The van der Waals surface area contributed by atoms with E-state index in [9.17, 15) is 0 Å². The van der Waals surface area contributed by atoms with Crippen molar-refractivity contribution < 1.29 is 9.84 Å². The molecule has 1 heterocycles. The molecule has 1 atom stereocenters. The van der Waals surface area contributed by atoms with Crippen molar-refractivity contribution >= 4 is 11.4 Å². The van der Waals surface area contributed by atoms with E-state index in [2.05, 4.69) is 17.0 Å². The molecule has 0 aromatic heterocycles. The van der Waals surface area contributed by atoms with Crippen LogP contribution in [0.25, 0.3) is 0 Å². The molecule has 4 heteroatoms. The highest BCUT2D eigenvalue weighted by Gasteiger charge is 2.24.